The standard InChI is InChI=1S/C19H23F2N3O4S/c1-13-3-4-14(28-19(20)21)11-16(13)23-29(25,26)15-5-6-18(27-2)17(12-15)24-9-7-22-8-10-24/h3-6,11-12,19,22-23H,7-10H2,1-2H3. The number of alkyl halides is 2. The summed E-state index contributed by atoms with van der Waals surface area (Å²) in [5.74, 6) is 0.453. The van der Waals surface area contributed by atoms with E-state index in [1.54, 1.807) is 19.1 Å². The molecule has 0 saturated carbocycles. The van der Waals surface area contributed by atoms with E-state index in [9.17, 15) is 17.2 Å². The van der Waals surface area contributed by atoms with Crippen molar-refractivity contribution in [2.24, 2.45) is 0 Å². The Balaban J connectivity index is 1.91. The normalized spacial score (nSPS) is 14.7. The lowest BCUT2D eigenvalue weighted by molar-refractivity contribution is -0.0498. The van der Waals surface area contributed by atoms with Gasteiger partial charge in [0.2, 0.25) is 0 Å². The van der Waals surface area contributed by atoms with Crippen LogP contribution in [0.3, 0.4) is 0 Å². The Hall–Kier alpha value is -2.59. The molecular formula is C19H23F2N3O4S. The maximum atomic E-state index is 13.0. The second-order valence-electron chi connectivity index (χ2n) is 6.53. The van der Waals surface area contributed by atoms with E-state index in [4.69, 9.17) is 4.74 Å². The molecular weight excluding hydrogens is 404 g/mol. The third-order valence-electron chi connectivity index (χ3n) is 4.60. The van der Waals surface area contributed by atoms with Crippen LogP contribution in [0.4, 0.5) is 20.2 Å². The Morgan fingerprint density at radius 2 is 1.86 bits per heavy atom. The number of nitrogens with zero attached hydrogens (tertiary/aromatic N) is 1. The summed E-state index contributed by atoms with van der Waals surface area (Å²) in [5, 5.41) is 3.25. The molecule has 10 heteroatoms. The number of anilines is 2. The van der Waals surface area contributed by atoms with E-state index >= 15 is 0 Å². The zero-order chi connectivity index (χ0) is 21.0. The van der Waals surface area contributed by atoms with E-state index in [-0.39, 0.29) is 16.3 Å². The minimum atomic E-state index is -3.96. The first-order chi connectivity index (χ1) is 13.8. The summed E-state index contributed by atoms with van der Waals surface area (Å²) in [7, 11) is -2.43. The van der Waals surface area contributed by atoms with Crippen LogP contribution >= 0.6 is 0 Å². The smallest absolute Gasteiger partial charge is 0.387 e. The molecule has 0 aromatic heterocycles. The van der Waals surface area contributed by atoms with Gasteiger partial charge in [-0.25, -0.2) is 8.42 Å². The van der Waals surface area contributed by atoms with Crippen LogP contribution in [0, 0.1) is 6.92 Å². The summed E-state index contributed by atoms with van der Waals surface area (Å²) in [5.41, 5.74) is 1.43. The van der Waals surface area contributed by atoms with Gasteiger partial charge < -0.3 is 19.7 Å². The molecule has 0 atom stereocenters. The first-order valence-electron chi connectivity index (χ1n) is 9.02. The van der Waals surface area contributed by atoms with Gasteiger partial charge in [0, 0.05) is 32.2 Å². The highest BCUT2D eigenvalue weighted by atomic mass is 32.2. The van der Waals surface area contributed by atoms with E-state index in [1.165, 1.54) is 31.4 Å². The summed E-state index contributed by atoms with van der Waals surface area (Å²) in [6.07, 6.45) is 0. The minimum absolute atomic E-state index is 0.0476. The van der Waals surface area contributed by atoms with Gasteiger partial charge in [0.1, 0.15) is 11.5 Å². The van der Waals surface area contributed by atoms with Crippen LogP contribution < -0.4 is 24.4 Å². The van der Waals surface area contributed by atoms with Crippen LogP contribution in [0.5, 0.6) is 11.5 Å². The lowest BCUT2D eigenvalue weighted by Gasteiger charge is -2.30. The van der Waals surface area contributed by atoms with Crippen LogP contribution in [-0.2, 0) is 10.0 Å². The monoisotopic (exact) mass is 427 g/mol. The number of ether oxygens (including phenoxy) is 2. The fourth-order valence-electron chi connectivity index (χ4n) is 3.08. The van der Waals surface area contributed by atoms with Gasteiger partial charge in [-0.05, 0) is 36.8 Å². The van der Waals surface area contributed by atoms with Crippen molar-refractivity contribution in [3.8, 4) is 11.5 Å². The largest absolute Gasteiger partial charge is 0.495 e. The van der Waals surface area contributed by atoms with Crippen molar-refractivity contribution in [3.63, 3.8) is 0 Å². The number of sulfonamides is 1. The van der Waals surface area contributed by atoms with E-state index < -0.39 is 16.6 Å². The van der Waals surface area contributed by atoms with Crippen LogP contribution in [0.15, 0.2) is 41.3 Å². The van der Waals surface area contributed by atoms with Gasteiger partial charge in [-0.15, -0.1) is 0 Å². The zero-order valence-electron chi connectivity index (χ0n) is 16.1. The predicted octanol–water partition coefficient (Wildman–Crippen LogP) is 2.82. The quantitative estimate of drug-likeness (QED) is 0.708. The van der Waals surface area contributed by atoms with Crippen LogP contribution in [-0.4, -0.2) is 48.3 Å². The van der Waals surface area contributed by atoms with Crippen molar-refractivity contribution >= 4 is 21.4 Å². The summed E-state index contributed by atoms with van der Waals surface area (Å²) in [6, 6.07) is 8.71. The molecule has 0 unspecified atom stereocenters. The average Bonchev–Trinajstić information content (AvgIpc) is 2.70. The molecule has 1 fully saturated rings. The molecule has 158 valence electrons. The second kappa shape index (κ2) is 8.83. The summed E-state index contributed by atoms with van der Waals surface area (Å²) in [4.78, 5) is 2.10. The number of nitrogens with one attached hydrogen (secondary N) is 2. The van der Waals surface area contributed by atoms with Gasteiger partial charge in [-0.2, -0.15) is 8.78 Å². The maximum absolute atomic E-state index is 13.0. The van der Waals surface area contributed by atoms with Crippen LogP contribution in [0.25, 0.3) is 0 Å². The third kappa shape index (κ3) is 5.07. The highest BCUT2D eigenvalue weighted by Crippen LogP contribution is 2.32. The number of benzene rings is 2. The van der Waals surface area contributed by atoms with E-state index in [1.807, 2.05) is 0 Å². The highest BCUT2D eigenvalue weighted by molar-refractivity contribution is 7.92. The third-order valence-corrected chi connectivity index (χ3v) is 5.96. The number of methoxy groups -OCH3 is 1. The fourth-order valence-corrected chi connectivity index (χ4v) is 4.22. The van der Waals surface area contributed by atoms with Crippen molar-refractivity contribution < 1.29 is 26.7 Å². The molecule has 29 heavy (non-hydrogen) atoms. The predicted molar refractivity (Wildman–Crippen MR) is 107 cm³/mol. The molecule has 0 amide bonds. The number of piperazine rings is 1. The first kappa shape index (κ1) is 21.1. The number of rotatable bonds is 7. The minimum Gasteiger partial charge on any atom is -0.495 e. The second-order valence-corrected chi connectivity index (χ2v) is 8.21. The van der Waals surface area contributed by atoms with E-state index in [2.05, 4.69) is 19.7 Å². The molecule has 0 spiro atoms. The fraction of sp³-hybridized carbons (Fsp3) is 0.368. The van der Waals surface area contributed by atoms with Crippen molar-refractivity contribution in [1.29, 1.82) is 0 Å². The molecule has 1 aliphatic rings. The molecule has 0 aliphatic carbocycles. The number of halogens is 2. The highest BCUT2D eigenvalue weighted by Gasteiger charge is 2.21. The van der Waals surface area contributed by atoms with Crippen molar-refractivity contribution in [3.05, 3.63) is 42.0 Å². The summed E-state index contributed by atoms with van der Waals surface area (Å²) >= 11 is 0. The topological polar surface area (TPSA) is 79.9 Å². The summed E-state index contributed by atoms with van der Waals surface area (Å²) in [6.45, 7) is 1.69. The molecule has 3 rings (SSSR count). The van der Waals surface area contributed by atoms with Gasteiger partial charge in [-0.3, -0.25) is 4.72 Å². The van der Waals surface area contributed by atoms with E-state index in [0.29, 0.717) is 17.0 Å². The van der Waals surface area contributed by atoms with Gasteiger partial charge >= 0.3 is 6.61 Å². The Bertz CT molecular complexity index is 964. The Labute approximate surface area is 168 Å². The Morgan fingerprint density at radius 1 is 1.14 bits per heavy atom. The molecule has 1 saturated heterocycles. The van der Waals surface area contributed by atoms with Crippen molar-refractivity contribution in [2.45, 2.75) is 18.4 Å². The molecule has 2 N–H and O–H groups in total. The Morgan fingerprint density at radius 3 is 2.52 bits per heavy atom. The zero-order valence-corrected chi connectivity index (χ0v) is 16.9. The molecule has 7 nitrogen and oxygen atoms in total. The van der Waals surface area contributed by atoms with Gasteiger partial charge in [-0.1, -0.05) is 6.07 Å². The SMILES string of the molecule is COc1ccc(S(=O)(=O)Nc2cc(OC(F)F)ccc2C)cc1N1CCNCC1. The average molecular weight is 427 g/mol. The number of aryl methyl sites for hydroxylation is 1. The molecule has 1 aliphatic heterocycles. The van der Waals surface area contributed by atoms with Gasteiger partial charge in [0.05, 0.1) is 23.4 Å². The number of hydrogen-bond acceptors (Lipinski definition) is 6. The first-order valence-corrected chi connectivity index (χ1v) is 10.5. The van der Waals surface area contributed by atoms with Crippen molar-refractivity contribution in [1.82, 2.24) is 5.32 Å². The van der Waals surface area contributed by atoms with Gasteiger partial charge in [0.25, 0.3) is 10.0 Å². The molecule has 0 bridgehead atoms. The number of hydrogen-bond donors (Lipinski definition) is 2. The van der Waals surface area contributed by atoms with Crippen LogP contribution in [0.2, 0.25) is 0 Å². The molecule has 2 aromatic rings. The van der Waals surface area contributed by atoms with Crippen molar-refractivity contribution in [2.75, 3.05) is 42.9 Å². The maximum Gasteiger partial charge on any atom is 0.387 e. The van der Waals surface area contributed by atoms with Gasteiger partial charge in [0.15, 0.2) is 0 Å². The lowest BCUT2D eigenvalue weighted by Crippen LogP contribution is -2.43. The molecule has 1 heterocycles. The molecule has 0 radical (unpaired) electrons. The lowest BCUT2D eigenvalue weighted by atomic mass is 10.2. The molecule has 2 aromatic carbocycles. The van der Waals surface area contributed by atoms with Crippen LogP contribution in [0.1, 0.15) is 5.56 Å². The van der Waals surface area contributed by atoms with E-state index in [0.717, 1.165) is 26.2 Å². The summed E-state index contributed by atoms with van der Waals surface area (Å²) < 4.78 is 63.0. The Kier molecular flexibility index (Phi) is 6.43.